The zero-order valence-electron chi connectivity index (χ0n) is 21.7. The lowest BCUT2D eigenvalue weighted by Gasteiger charge is -2.39. The number of amides is 2. The van der Waals surface area contributed by atoms with E-state index in [0.29, 0.717) is 47.5 Å². The lowest BCUT2D eigenvalue weighted by molar-refractivity contribution is -0.137. The van der Waals surface area contributed by atoms with Gasteiger partial charge in [0.1, 0.15) is 17.1 Å². The van der Waals surface area contributed by atoms with Crippen molar-refractivity contribution in [2.45, 2.75) is 57.4 Å². The summed E-state index contributed by atoms with van der Waals surface area (Å²) in [5, 5.41) is 21.5. The quantitative estimate of drug-likeness (QED) is 0.418. The molecular weight excluding hydrogens is 517 g/mol. The molecule has 3 N–H and O–H groups in total. The number of ether oxygens (including phenoxy) is 2. The predicted octanol–water partition coefficient (Wildman–Crippen LogP) is 4.54. The zero-order chi connectivity index (χ0) is 28.4. The Hall–Kier alpha value is -3.57. The summed E-state index contributed by atoms with van der Waals surface area (Å²) < 4.78 is 51.8. The molecule has 1 unspecified atom stereocenters. The Bertz CT molecular complexity index is 1270. The average Bonchev–Trinajstić information content (AvgIpc) is 2.90. The summed E-state index contributed by atoms with van der Waals surface area (Å²) in [5.41, 5.74) is 0.115. The molecule has 0 saturated heterocycles. The molecule has 2 aliphatic heterocycles. The molecule has 210 valence electrons. The van der Waals surface area contributed by atoms with E-state index in [1.165, 1.54) is 17.0 Å². The van der Waals surface area contributed by atoms with E-state index < -0.39 is 35.3 Å². The van der Waals surface area contributed by atoms with Gasteiger partial charge >= 0.3 is 6.18 Å². The predicted molar refractivity (Wildman–Crippen MR) is 139 cm³/mol. The van der Waals surface area contributed by atoms with E-state index in [9.17, 15) is 33.0 Å². The fourth-order valence-corrected chi connectivity index (χ4v) is 4.90. The van der Waals surface area contributed by atoms with Crippen LogP contribution in [0.25, 0.3) is 5.57 Å². The van der Waals surface area contributed by atoms with Crippen molar-refractivity contribution < 1.29 is 42.4 Å². The first-order chi connectivity index (χ1) is 18.5. The van der Waals surface area contributed by atoms with Crippen LogP contribution in [0.4, 0.5) is 24.5 Å². The van der Waals surface area contributed by atoms with Crippen molar-refractivity contribution in [2.24, 2.45) is 0 Å². The van der Waals surface area contributed by atoms with Gasteiger partial charge in [-0.1, -0.05) is 19.9 Å². The number of aliphatic hydroxyl groups is 2. The Kier molecular flexibility index (Phi) is 8.22. The van der Waals surface area contributed by atoms with Crippen molar-refractivity contribution in [1.29, 1.82) is 0 Å². The number of carbonyl (C=O) groups is 2. The van der Waals surface area contributed by atoms with E-state index >= 15 is 0 Å². The average molecular weight is 549 g/mol. The molecule has 2 aliphatic rings. The number of β-amino-alcohol motifs (C(OH)–C–C–N with tert-alkyl or cyclic N) is 1. The fourth-order valence-electron chi connectivity index (χ4n) is 4.90. The molecule has 2 aromatic carbocycles. The van der Waals surface area contributed by atoms with Crippen molar-refractivity contribution in [3.63, 3.8) is 0 Å². The molecule has 4 rings (SSSR count). The van der Waals surface area contributed by atoms with Crippen LogP contribution < -0.4 is 19.7 Å². The third kappa shape index (κ3) is 5.89. The minimum absolute atomic E-state index is 0.00535. The number of halogens is 3. The molecule has 2 aromatic rings. The molecule has 0 aromatic heterocycles. The van der Waals surface area contributed by atoms with Gasteiger partial charge in [0.05, 0.1) is 17.9 Å². The van der Waals surface area contributed by atoms with Crippen LogP contribution in [0, 0.1) is 0 Å². The second-order valence-electron chi connectivity index (χ2n) is 9.55. The Morgan fingerprint density at radius 2 is 1.87 bits per heavy atom. The van der Waals surface area contributed by atoms with Crippen molar-refractivity contribution in [1.82, 2.24) is 0 Å². The number of carbonyl (C=O) groups excluding carboxylic acids is 2. The van der Waals surface area contributed by atoms with Gasteiger partial charge in [-0.3, -0.25) is 9.59 Å². The Balaban J connectivity index is 1.64. The van der Waals surface area contributed by atoms with Crippen LogP contribution in [0.5, 0.6) is 11.5 Å². The standard InChI is InChI=1S/C28H31F3N2O6/c1-3-27(4-2)16-17(20-7-5-18(28(29,30)31)14-24(20)39-27)13-25(36)32-19-6-8-22-21(15-19)33(10-12-35)26(37)23(38-22)9-11-34/h5-8,13-15,23,34-35H,3-4,9-12,16H2,1-2H3,(H,32,36). The van der Waals surface area contributed by atoms with E-state index in [1.54, 1.807) is 18.2 Å². The summed E-state index contributed by atoms with van der Waals surface area (Å²) in [6, 6.07) is 7.99. The van der Waals surface area contributed by atoms with Gasteiger partial charge in [0.2, 0.25) is 5.91 Å². The molecule has 0 saturated carbocycles. The first kappa shape index (κ1) is 28.4. The number of nitrogens with zero attached hydrogens (tertiary/aromatic N) is 1. The second-order valence-corrected chi connectivity index (χ2v) is 9.55. The van der Waals surface area contributed by atoms with Gasteiger partial charge in [-0.25, -0.2) is 0 Å². The first-order valence-corrected chi connectivity index (χ1v) is 12.8. The summed E-state index contributed by atoms with van der Waals surface area (Å²) in [4.78, 5) is 27.2. The van der Waals surface area contributed by atoms with Gasteiger partial charge in [-0.05, 0) is 48.7 Å². The number of anilines is 2. The summed E-state index contributed by atoms with van der Waals surface area (Å²) in [5.74, 6) is -0.467. The normalized spacial score (nSPS) is 19.2. The van der Waals surface area contributed by atoms with Gasteiger partial charge < -0.3 is 29.9 Å². The fraction of sp³-hybridized carbons (Fsp3) is 0.429. The third-order valence-corrected chi connectivity index (χ3v) is 7.13. The molecule has 0 spiro atoms. The lowest BCUT2D eigenvalue weighted by Crippen LogP contribution is -2.47. The number of hydrogen-bond donors (Lipinski definition) is 3. The molecule has 1 atom stereocenters. The highest BCUT2D eigenvalue weighted by Crippen LogP contribution is 2.45. The number of nitrogens with one attached hydrogen (secondary N) is 1. The molecule has 2 heterocycles. The number of benzene rings is 2. The van der Waals surface area contributed by atoms with E-state index in [2.05, 4.69) is 5.32 Å². The number of fused-ring (bicyclic) bond motifs is 2. The topological polar surface area (TPSA) is 108 Å². The maximum Gasteiger partial charge on any atom is 0.416 e. The number of alkyl halides is 3. The molecule has 39 heavy (non-hydrogen) atoms. The highest BCUT2D eigenvalue weighted by molar-refractivity contribution is 6.06. The van der Waals surface area contributed by atoms with Crippen LogP contribution in [0.2, 0.25) is 0 Å². The SMILES string of the molecule is CCC1(CC)CC(=CC(=O)Nc2ccc3c(c2)N(CCO)C(=O)C(CCO)O3)c2ccc(C(F)(F)F)cc2O1. The van der Waals surface area contributed by atoms with Gasteiger partial charge in [0, 0.05) is 43.3 Å². The van der Waals surface area contributed by atoms with Gasteiger partial charge in [0.25, 0.3) is 5.91 Å². The van der Waals surface area contributed by atoms with Crippen LogP contribution in [0.1, 0.15) is 50.7 Å². The van der Waals surface area contributed by atoms with Gasteiger partial charge in [-0.2, -0.15) is 13.2 Å². The lowest BCUT2D eigenvalue weighted by atomic mass is 9.83. The van der Waals surface area contributed by atoms with Crippen molar-refractivity contribution in [3.05, 3.63) is 53.6 Å². The Labute approximate surface area is 224 Å². The second kappa shape index (κ2) is 11.3. The van der Waals surface area contributed by atoms with Crippen LogP contribution in [0.15, 0.2) is 42.5 Å². The van der Waals surface area contributed by atoms with Crippen molar-refractivity contribution in [3.8, 4) is 11.5 Å². The highest BCUT2D eigenvalue weighted by Gasteiger charge is 2.39. The zero-order valence-corrected chi connectivity index (χ0v) is 21.7. The molecule has 8 nitrogen and oxygen atoms in total. The smallest absolute Gasteiger partial charge is 0.416 e. The molecule has 11 heteroatoms. The maximum atomic E-state index is 13.4. The largest absolute Gasteiger partial charge is 0.486 e. The van der Waals surface area contributed by atoms with Gasteiger partial charge in [-0.15, -0.1) is 0 Å². The van der Waals surface area contributed by atoms with Crippen molar-refractivity contribution in [2.75, 3.05) is 30.0 Å². The highest BCUT2D eigenvalue weighted by atomic mass is 19.4. The summed E-state index contributed by atoms with van der Waals surface area (Å²) in [6.07, 6.45) is -2.54. The van der Waals surface area contributed by atoms with Crippen LogP contribution >= 0.6 is 0 Å². The Morgan fingerprint density at radius 3 is 2.51 bits per heavy atom. The third-order valence-electron chi connectivity index (χ3n) is 7.13. The Morgan fingerprint density at radius 1 is 1.13 bits per heavy atom. The van der Waals surface area contributed by atoms with Crippen LogP contribution in [-0.2, 0) is 15.8 Å². The maximum absolute atomic E-state index is 13.4. The molecule has 0 fully saturated rings. The van der Waals surface area contributed by atoms with Crippen molar-refractivity contribution >= 4 is 28.8 Å². The van der Waals surface area contributed by atoms with Crippen LogP contribution in [-0.4, -0.2) is 53.5 Å². The number of aliphatic hydroxyl groups excluding tert-OH is 2. The van der Waals surface area contributed by atoms with E-state index in [1.807, 2.05) is 13.8 Å². The van der Waals surface area contributed by atoms with Gasteiger partial charge in [0.15, 0.2) is 6.10 Å². The number of rotatable bonds is 8. The summed E-state index contributed by atoms with van der Waals surface area (Å²) in [7, 11) is 0. The summed E-state index contributed by atoms with van der Waals surface area (Å²) >= 11 is 0. The number of hydrogen-bond acceptors (Lipinski definition) is 6. The molecule has 0 bridgehead atoms. The monoisotopic (exact) mass is 548 g/mol. The van der Waals surface area contributed by atoms with E-state index in [-0.39, 0.29) is 31.9 Å². The summed E-state index contributed by atoms with van der Waals surface area (Å²) in [6.45, 7) is 3.24. The van der Waals surface area contributed by atoms with Crippen LogP contribution in [0.3, 0.4) is 0 Å². The molecular formula is C28H31F3N2O6. The first-order valence-electron chi connectivity index (χ1n) is 12.8. The molecule has 2 amide bonds. The van der Waals surface area contributed by atoms with E-state index in [0.717, 1.165) is 12.1 Å². The van der Waals surface area contributed by atoms with E-state index in [4.69, 9.17) is 9.47 Å². The molecule has 0 aliphatic carbocycles. The minimum Gasteiger partial charge on any atom is -0.486 e. The minimum atomic E-state index is -4.53. The molecule has 0 radical (unpaired) electrons.